The number of aromatic nitrogens is 2. The third-order valence-corrected chi connectivity index (χ3v) is 6.80. The van der Waals surface area contributed by atoms with Gasteiger partial charge in [-0.05, 0) is 63.4 Å². The Hall–Kier alpha value is -1.62. The molecule has 4 aliphatic carbocycles. The molecule has 3 fully saturated rings. The second-order valence-corrected chi connectivity index (χ2v) is 8.22. The number of carbonyl (C=O) groups excluding carboxylic acids is 1. The molecule has 1 N–H and O–H groups in total. The largest absolute Gasteiger partial charge is 0.383 e. The lowest BCUT2D eigenvalue weighted by Crippen LogP contribution is -2.53. The third-order valence-electron chi connectivity index (χ3n) is 6.80. The van der Waals surface area contributed by atoms with Crippen molar-refractivity contribution in [3.8, 4) is 0 Å². The van der Waals surface area contributed by atoms with Gasteiger partial charge < -0.3 is 10.1 Å². The average Bonchev–Trinajstić information content (AvgIpc) is 3.35. The number of hydrogen-bond acceptors (Lipinski definition) is 3. The molecule has 5 heteroatoms. The first kappa shape index (κ1) is 17.8. The van der Waals surface area contributed by atoms with E-state index in [1.807, 2.05) is 6.20 Å². The van der Waals surface area contributed by atoms with Crippen LogP contribution in [0.1, 0.15) is 57.1 Å². The van der Waals surface area contributed by atoms with Crippen molar-refractivity contribution in [3.05, 3.63) is 29.6 Å². The molecule has 3 saturated carbocycles. The van der Waals surface area contributed by atoms with Crippen LogP contribution < -0.4 is 5.32 Å². The van der Waals surface area contributed by atoms with Crippen LogP contribution in [0.4, 0.5) is 0 Å². The Morgan fingerprint density at radius 1 is 1.46 bits per heavy atom. The second-order valence-electron chi connectivity index (χ2n) is 8.22. The van der Waals surface area contributed by atoms with Gasteiger partial charge in [-0.2, -0.15) is 5.10 Å². The average molecular weight is 357 g/mol. The number of amides is 1. The van der Waals surface area contributed by atoms with Crippen molar-refractivity contribution in [1.82, 2.24) is 15.1 Å². The van der Waals surface area contributed by atoms with E-state index in [2.05, 4.69) is 27.2 Å². The normalized spacial score (nSPS) is 30.0. The van der Waals surface area contributed by atoms with E-state index in [-0.39, 0.29) is 17.2 Å². The minimum Gasteiger partial charge on any atom is -0.383 e. The van der Waals surface area contributed by atoms with Crippen LogP contribution in [-0.4, -0.2) is 35.9 Å². The summed E-state index contributed by atoms with van der Waals surface area (Å²) in [5.74, 6) is 0.935. The van der Waals surface area contributed by atoms with E-state index in [9.17, 15) is 4.79 Å². The van der Waals surface area contributed by atoms with Crippen molar-refractivity contribution in [2.75, 3.05) is 20.3 Å². The van der Waals surface area contributed by atoms with Crippen LogP contribution in [-0.2, 0) is 21.5 Å². The van der Waals surface area contributed by atoms with E-state index < -0.39 is 0 Å². The third kappa shape index (κ3) is 3.11. The fourth-order valence-electron chi connectivity index (χ4n) is 5.53. The maximum absolute atomic E-state index is 13.0. The zero-order valence-electron chi connectivity index (χ0n) is 15.9. The number of nitrogens with zero attached hydrogens (tertiary/aromatic N) is 2. The van der Waals surface area contributed by atoms with E-state index in [0.29, 0.717) is 12.5 Å². The fraction of sp³-hybridized carbons (Fsp3) is 0.714. The molecule has 3 unspecified atom stereocenters. The lowest BCUT2D eigenvalue weighted by atomic mass is 9.58. The zero-order chi connectivity index (χ0) is 18.0. The number of rotatable bonds is 8. The van der Waals surface area contributed by atoms with Gasteiger partial charge in [0, 0.05) is 31.0 Å². The molecule has 3 atom stereocenters. The number of allylic oxidation sites excluding steroid dienone is 1. The van der Waals surface area contributed by atoms with Gasteiger partial charge in [0.05, 0.1) is 19.1 Å². The fourth-order valence-corrected chi connectivity index (χ4v) is 5.53. The van der Waals surface area contributed by atoms with Gasteiger partial charge in [-0.25, -0.2) is 0 Å². The van der Waals surface area contributed by atoms with Crippen LogP contribution in [0.5, 0.6) is 0 Å². The minimum absolute atomic E-state index is 0.00307. The summed E-state index contributed by atoms with van der Waals surface area (Å²) in [5, 5.41) is 7.73. The maximum atomic E-state index is 13.0. The van der Waals surface area contributed by atoms with Crippen LogP contribution in [0.15, 0.2) is 23.9 Å². The van der Waals surface area contributed by atoms with Gasteiger partial charge in [0.2, 0.25) is 5.91 Å². The lowest BCUT2D eigenvalue weighted by molar-refractivity contribution is -0.133. The second kappa shape index (κ2) is 7.55. The first-order valence-corrected chi connectivity index (χ1v) is 10.2. The van der Waals surface area contributed by atoms with Crippen molar-refractivity contribution in [2.24, 2.45) is 11.8 Å². The van der Waals surface area contributed by atoms with Crippen molar-refractivity contribution in [2.45, 2.75) is 63.3 Å². The topological polar surface area (TPSA) is 56.2 Å². The summed E-state index contributed by atoms with van der Waals surface area (Å²) in [6.07, 6.45) is 13.7. The van der Waals surface area contributed by atoms with E-state index >= 15 is 0 Å². The molecule has 5 nitrogen and oxygen atoms in total. The maximum Gasteiger partial charge on any atom is 0.224 e. The summed E-state index contributed by atoms with van der Waals surface area (Å²) in [7, 11) is 1.72. The highest BCUT2D eigenvalue weighted by Crippen LogP contribution is 2.63. The molecule has 0 radical (unpaired) electrons. The Labute approximate surface area is 156 Å². The summed E-state index contributed by atoms with van der Waals surface area (Å²) in [6, 6.07) is 2.12. The smallest absolute Gasteiger partial charge is 0.224 e. The van der Waals surface area contributed by atoms with Gasteiger partial charge in [-0.1, -0.05) is 11.6 Å². The predicted octanol–water partition coefficient (Wildman–Crippen LogP) is 3.20. The molecule has 1 amide bonds. The Bertz CT molecular complexity index is 677. The van der Waals surface area contributed by atoms with Crippen LogP contribution in [0.3, 0.4) is 0 Å². The van der Waals surface area contributed by atoms with Gasteiger partial charge in [0.25, 0.3) is 0 Å². The van der Waals surface area contributed by atoms with Crippen molar-refractivity contribution < 1.29 is 9.53 Å². The first-order chi connectivity index (χ1) is 12.7. The Kier molecular flexibility index (Phi) is 5.16. The summed E-state index contributed by atoms with van der Waals surface area (Å²) < 4.78 is 7.27. The van der Waals surface area contributed by atoms with E-state index in [4.69, 9.17) is 4.74 Å². The summed E-state index contributed by atoms with van der Waals surface area (Å²) in [5.41, 5.74) is 2.77. The lowest BCUT2D eigenvalue weighted by Gasteiger charge is -2.46. The monoisotopic (exact) mass is 357 g/mol. The first-order valence-electron chi connectivity index (χ1n) is 10.2. The Balaban J connectivity index is 1.39. The van der Waals surface area contributed by atoms with Crippen LogP contribution in [0.25, 0.3) is 0 Å². The van der Waals surface area contributed by atoms with Crippen LogP contribution >= 0.6 is 0 Å². The Morgan fingerprint density at radius 3 is 3.15 bits per heavy atom. The molecule has 26 heavy (non-hydrogen) atoms. The molecule has 0 aromatic carbocycles. The highest BCUT2D eigenvalue weighted by Gasteiger charge is 2.63. The standard InChI is InChI=1S/C21H31N3O2/c1-26-14-13-24-18(9-12-23-24)21-10-7-17(15-21)19(21)20(25)22-11-8-16-5-3-2-4-6-16/h5,9,12,17,19H,2-4,6-8,10-11,13-15H2,1H3,(H,22,25). The minimum atomic E-state index is 0.00307. The number of ether oxygens (including phenoxy) is 1. The van der Waals surface area contributed by atoms with E-state index in [1.165, 1.54) is 43.4 Å². The number of carbonyl (C=O) groups is 1. The number of hydrogen-bond donors (Lipinski definition) is 1. The molecule has 1 aromatic rings. The van der Waals surface area contributed by atoms with Crippen molar-refractivity contribution in [3.63, 3.8) is 0 Å². The zero-order valence-corrected chi connectivity index (χ0v) is 15.9. The highest BCUT2D eigenvalue weighted by atomic mass is 16.5. The molecule has 142 valence electrons. The number of fused-ring (bicyclic) bond motifs is 1. The molecule has 0 aliphatic heterocycles. The molecule has 1 heterocycles. The van der Waals surface area contributed by atoms with Gasteiger partial charge in [0.15, 0.2) is 0 Å². The van der Waals surface area contributed by atoms with Gasteiger partial charge in [-0.15, -0.1) is 0 Å². The summed E-state index contributed by atoms with van der Waals surface area (Å²) in [4.78, 5) is 13.0. The SMILES string of the molecule is COCCn1nccc1C12CCC(C1)C2C(=O)NCCC1=CCCCC1. The number of nitrogens with one attached hydrogen (secondary N) is 1. The number of methoxy groups -OCH3 is 1. The van der Waals surface area contributed by atoms with E-state index in [0.717, 1.165) is 32.4 Å². The molecule has 0 spiro atoms. The molecular formula is C21H31N3O2. The molecule has 2 bridgehead atoms. The van der Waals surface area contributed by atoms with Gasteiger partial charge in [0.1, 0.15) is 0 Å². The highest BCUT2D eigenvalue weighted by molar-refractivity contribution is 5.82. The molecule has 5 rings (SSSR count). The quantitative estimate of drug-likeness (QED) is 0.727. The summed E-state index contributed by atoms with van der Waals surface area (Å²) in [6.45, 7) is 2.20. The van der Waals surface area contributed by atoms with Crippen molar-refractivity contribution >= 4 is 5.91 Å². The Morgan fingerprint density at radius 2 is 2.38 bits per heavy atom. The van der Waals surface area contributed by atoms with Gasteiger partial charge >= 0.3 is 0 Å². The predicted molar refractivity (Wildman–Crippen MR) is 101 cm³/mol. The molecule has 4 aliphatic rings. The van der Waals surface area contributed by atoms with Crippen LogP contribution in [0.2, 0.25) is 0 Å². The molecule has 0 saturated heterocycles. The van der Waals surface area contributed by atoms with Gasteiger partial charge in [-0.3, -0.25) is 9.48 Å². The summed E-state index contributed by atoms with van der Waals surface area (Å²) >= 11 is 0. The van der Waals surface area contributed by atoms with Crippen LogP contribution in [0, 0.1) is 11.8 Å². The van der Waals surface area contributed by atoms with Crippen molar-refractivity contribution in [1.29, 1.82) is 0 Å². The molecule has 1 aromatic heterocycles. The molecular weight excluding hydrogens is 326 g/mol. The van der Waals surface area contributed by atoms with E-state index in [1.54, 1.807) is 7.11 Å².